The lowest BCUT2D eigenvalue weighted by atomic mass is 10.3. The van der Waals surface area contributed by atoms with Crippen molar-refractivity contribution in [1.82, 2.24) is 0 Å². The van der Waals surface area contributed by atoms with Gasteiger partial charge in [-0.05, 0) is 65.1 Å². The molecule has 0 unspecified atom stereocenters. The topological polar surface area (TPSA) is 66.5 Å². The Kier molecular flexibility index (Phi) is 6.21. The highest BCUT2D eigenvalue weighted by Crippen LogP contribution is 2.21. The third-order valence-electron chi connectivity index (χ3n) is 3.01. The molecule has 24 heavy (non-hydrogen) atoms. The Labute approximate surface area is 161 Å². The Bertz CT molecular complexity index is 860. The summed E-state index contributed by atoms with van der Waals surface area (Å²) in [5.74, 6) is -1.25. The number of anilines is 2. The number of carbonyl (C=O) groups is 1. The highest BCUT2D eigenvalue weighted by atomic mass is 127. The lowest BCUT2D eigenvalue weighted by molar-refractivity contribution is -0.114. The molecule has 0 saturated carbocycles. The predicted octanol–water partition coefficient (Wildman–Crippen LogP) is 3.60. The zero-order valence-corrected chi connectivity index (χ0v) is 17.0. The van der Waals surface area contributed by atoms with E-state index in [2.05, 4.69) is 43.8 Å². The molecule has 2 aromatic carbocycles. The minimum absolute atomic E-state index is 0.0146. The first-order valence-electron chi connectivity index (χ1n) is 6.65. The minimum atomic E-state index is -3.67. The van der Waals surface area contributed by atoms with Crippen LogP contribution in [0.2, 0.25) is 0 Å². The Morgan fingerprint density at radius 3 is 2.42 bits per heavy atom. The molecule has 9 heteroatoms. The van der Waals surface area contributed by atoms with Crippen LogP contribution in [0.1, 0.15) is 0 Å². The van der Waals surface area contributed by atoms with Gasteiger partial charge in [0.2, 0.25) is 15.9 Å². The Balaban J connectivity index is 2.20. The lowest BCUT2D eigenvalue weighted by Gasteiger charge is -2.22. The van der Waals surface area contributed by atoms with Crippen LogP contribution < -0.4 is 9.62 Å². The number of sulfonamides is 1. The molecule has 0 aliphatic carbocycles. The second kappa shape index (κ2) is 7.79. The van der Waals surface area contributed by atoms with Gasteiger partial charge in [0.15, 0.2) is 0 Å². The highest BCUT2D eigenvalue weighted by molar-refractivity contribution is 14.1. The summed E-state index contributed by atoms with van der Waals surface area (Å²) in [5.41, 5.74) is 0.351. The van der Waals surface area contributed by atoms with E-state index in [4.69, 9.17) is 0 Å². The van der Waals surface area contributed by atoms with Crippen molar-refractivity contribution in [3.63, 3.8) is 0 Å². The summed E-state index contributed by atoms with van der Waals surface area (Å²) >= 11 is 5.22. The van der Waals surface area contributed by atoms with Crippen molar-refractivity contribution < 1.29 is 17.6 Å². The summed E-state index contributed by atoms with van der Waals surface area (Å²) in [5, 5.41) is 2.38. The molecule has 0 spiro atoms. The molecule has 2 aromatic rings. The smallest absolute Gasteiger partial charge is 0.245 e. The summed E-state index contributed by atoms with van der Waals surface area (Å²) < 4.78 is 40.2. The van der Waals surface area contributed by atoms with Gasteiger partial charge in [0.05, 0.1) is 17.6 Å². The van der Waals surface area contributed by atoms with Crippen LogP contribution in [0.25, 0.3) is 0 Å². The third-order valence-corrected chi connectivity index (χ3v) is 5.36. The van der Waals surface area contributed by atoms with Gasteiger partial charge in [0, 0.05) is 8.04 Å². The molecule has 0 saturated heterocycles. The fourth-order valence-electron chi connectivity index (χ4n) is 1.92. The molecule has 0 bridgehead atoms. The fraction of sp³-hybridized carbons (Fsp3) is 0.133. The molecule has 2 rings (SSSR count). The second-order valence-corrected chi connectivity index (χ2v) is 8.99. The van der Waals surface area contributed by atoms with Gasteiger partial charge in [0.1, 0.15) is 12.4 Å². The Morgan fingerprint density at radius 1 is 1.25 bits per heavy atom. The lowest BCUT2D eigenvalue weighted by Crippen LogP contribution is -2.37. The minimum Gasteiger partial charge on any atom is -0.322 e. The highest BCUT2D eigenvalue weighted by Gasteiger charge is 2.21. The molecule has 0 atom stereocenters. The van der Waals surface area contributed by atoms with Crippen LogP contribution in [-0.2, 0) is 14.8 Å². The zero-order chi connectivity index (χ0) is 17.9. The summed E-state index contributed by atoms with van der Waals surface area (Å²) in [6.07, 6.45) is 1.01. The van der Waals surface area contributed by atoms with Gasteiger partial charge >= 0.3 is 0 Å². The first-order valence-corrected chi connectivity index (χ1v) is 10.4. The summed E-state index contributed by atoms with van der Waals surface area (Å²) in [6.45, 7) is -0.449. The average Bonchev–Trinajstić information content (AvgIpc) is 2.48. The maximum atomic E-state index is 13.8. The van der Waals surface area contributed by atoms with E-state index in [1.54, 1.807) is 30.3 Å². The van der Waals surface area contributed by atoms with Crippen LogP contribution in [0.15, 0.2) is 46.9 Å². The van der Waals surface area contributed by atoms with Gasteiger partial charge in [-0.2, -0.15) is 0 Å². The van der Waals surface area contributed by atoms with E-state index >= 15 is 0 Å². The maximum Gasteiger partial charge on any atom is 0.245 e. The van der Waals surface area contributed by atoms with Crippen molar-refractivity contribution >= 4 is 65.8 Å². The largest absolute Gasteiger partial charge is 0.322 e. The second-order valence-electron chi connectivity index (χ2n) is 4.92. The van der Waals surface area contributed by atoms with Crippen LogP contribution in [0, 0.1) is 9.39 Å². The van der Waals surface area contributed by atoms with Gasteiger partial charge < -0.3 is 5.32 Å². The molecular weight excluding hydrogens is 514 g/mol. The van der Waals surface area contributed by atoms with Crippen LogP contribution in [0.3, 0.4) is 0 Å². The molecular formula is C15H13BrFIN2O3S. The Morgan fingerprint density at radius 2 is 1.88 bits per heavy atom. The number of carbonyl (C=O) groups excluding carboxylic acids is 1. The summed E-state index contributed by atoms with van der Waals surface area (Å²) in [7, 11) is -3.67. The molecule has 0 aromatic heterocycles. The zero-order valence-electron chi connectivity index (χ0n) is 12.5. The van der Waals surface area contributed by atoms with Crippen molar-refractivity contribution in [3.05, 3.63) is 56.3 Å². The van der Waals surface area contributed by atoms with E-state index in [0.717, 1.165) is 14.1 Å². The van der Waals surface area contributed by atoms with Gasteiger partial charge in [-0.3, -0.25) is 9.10 Å². The summed E-state index contributed by atoms with van der Waals surface area (Å²) in [6, 6.07) is 10.9. The monoisotopic (exact) mass is 526 g/mol. The Hall–Kier alpha value is -1.20. The average molecular weight is 527 g/mol. The molecule has 5 nitrogen and oxygen atoms in total. The number of nitrogens with one attached hydrogen (secondary N) is 1. The van der Waals surface area contributed by atoms with E-state index in [1.165, 1.54) is 12.1 Å². The number of hydrogen-bond acceptors (Lipinski definition) is 3. The fourth-order valence-corrected chi connectivity index (χ4v) is 3.47. The number of rotatable bonds is 5. The number of amides is 1. The van der Waals surface area contributed by atoms with Gasteiger partial charge in [-0.15, -0.1) is 0 Å². The molecule has 0 fully saturated rings. The predicted molar refractivity (Wildman–Crippen MR) is 104 cm³/mol. The van der Waals surface area contributed by atoms with Gasteiger partial charge in [-0.1, -0.05) is 15.9 Å². The van der Waals surface area contributed by atoms with Crippen LogP contribution in [0.4, 0.5) is 15.8 Å². The SMILES string of the molecule is CS(=O)(=O)N(CC(=O)Nc1ccc(Br)cc1F)c1ccc(I)cc1. The first-order chi connectivity index (χ1) is 11.2. The van der Waals surface area contributed by atoms with E-state index in [9.17, 15) is 17.6 Å². The van der Waals surface area contributed by atoms with E-state index in [-0.39, 0.29) is 5.69 Å². The standard InChI is InChI=1S/C15H13BrFIN2O3S/c1-24(22,23)20(12-5-3-11(18)4-6-12)9-15(21)19-14-7-2-10(16)8-13(14)17/h2-8H,9H2,1H3,(H,19,21). The molecule has 0 heterocycles. The molecule has 128 valence electrons. The van der Waals surface area contributed by atoms with Crippen LogP contribution >= 0.6 is 38.5 Å². The van der Waals surface area contributed by atoms with Crippen LogP contribution in [0.5, 0.6) is 0 Å². The van der Waals surface area contributed by atoms with Crippen molar-refractivity contribution in [1.29, 1.82) is 0 Å². The summed E-state index contributed by atoms with van der Waals surface area (Å²) in [4.78, 5) is 12.1. The van der Waals surface area contributed by atoms with E-state index < -0.39 is 28.3 Å². The molecule has 1 N–H and O–H groups in total. The molecule has 0 aliphatic rings. The third kappa shape index (κ3) is 5.15. The van der Waals surface area contributed by atoms with Gasteiger partial charge in [0.25, 0.3) is 0 Å². The molecule has 0 radical (unpaired) electrons. The quantitative estimate of drug-likeness (QED) is 0.605. The van der Waals surface area contributed by atoms with E-state index in [0.29, 0.717) is 10.2 Å². The number of halogens is 3. The normalized spacial score (nSPS) is 11.2. The van der Waals surface area contributed by atoms with Crippen molar-refractivity contribution in [2.45, 2.75) is 0 Å². The van der Waals surface area contributed by atoms with Gasteiger partial charge in [-0.25, -0.2) is 12.8 Å². The molecule has 1 amide bonds. The number of hydrogen-bond donors (Lipinski definition) is 1. The van der Waals surface area contributed by atoms with Crippen molar-refractivity contribution in [2.24, 2.45) is 0 Å². The van der Waals surface area contributed by atoms with E-state index in [1.807, 2.05) is 0 Å². The number of benzene rings is 2. The maximum absolute atomic E-state index is 13.8. The first kappa shape index (κ1) is 19.1. The van der Waals surface area contributed by atoms with Crippen molar-refractivity contribution in [3.8, 4) is 0 Å². The van der Waals surface area contributed by atoms with Crippen LogP contribution in [-0.4, -0.2) is 27.1 Å². The number of nitrogens with zero attached hydrogens (tertiary/aromatic N) is 1. The van der Waals surface area contributed by atoms with Crippen molar-refractivity contribution in [2.75, 3.05) is 22.4 Å². The molecule has 0 aliphatic heterocycles.